The van der Waals surface area contributed by atoms with Crippen LogP contribution in [0.4, 0.5) is 5.69 Å². The van der Waals surface area contributed by atoms with Crippen LogP contribution >= 0.6 is 27.5 Å². The number of ether oxygens (including phenoxy) is 2. The number of nitrogens with zero attached hydrogens (tertiary/aromatic N) is 1. The largest absolute Gasteiger partial charge is 0.495 e. The van der Waals surface area contributed by atoms with Gasteiger partial charge in [-0.3, -0.25) is 0 Å². The molecule has 0 spiro atoms. The molecule has 2 rings (SSSR count). The van der Waals surface area contributed by atoms with E-state index in [4.69, 9.17) is 26.8 Å². The Hall–Kier alpha value is -1.92. The molecular formula is C16H17BrClN3O2. The summed E-state index contributed by atoms with van der Waals surface area (Å²) in [5.74, 6) is 1.68. The number of aliphatic imine (C=N–C) groups is 1. The summed E-state index contributed by atoms with van der Waals surface area (Å²) in [6.45, 7) is 0.872. The van der Waals surface area contributed by atoms with Gasteiger partial charge in [-0.15, -0.1) is 0 Å². The van der Waals surface area contributed by atoms with Gasteiger partial charge in [-0.05, 0) is 36.4 Å². The molecule has 2 aromatic carbocycles. The van der Waals surface area contributed by atoms with Crippen molar-refractivity contribution in [2.24, 2.45) is 10.7 Å². The predicted octanol–water partition coefficient (Wildman–Crippen LogP) is 3.92. The zero-order chi connectivity index (χ0) is 16.7. The highest BCUT2D eigenvalue weighted by molar-refractivity contribution is 9.10. The summed E-state index contributed by atoms with van der Waals surface area (Å²) >= 11 is 9.44. The van der Waals surface area contributed by atoms with Gasteiger partial charge in [-0.25, -0.2) is 4.99 Å². The molecule has 0 aromatic heterocycles. The fourth-order valence-electron chi connectivity index (χ4n) is 1.82. The first-order chi connectivity index (χ1) is 11.1. The Bertz CT molecular complexity index is 695. The number of methoxy groups -OCH3 is 1. The quantitative estimate of drug-likeness (QED) is 0.440. The molecule has 122 valence electrons. The van der Waals surface area contributed by atoms with Crippen molar-refractivity contribution in [3.05, 3.63) is 52.0 Å². The van der Waals surface area contributed by atoms with Crippen LogP contribution in [0.3, 0.4) is 0 Å². The molecule has 0 radical (unpaired) electrons. The summed E-state index contributed by atoms with van der Waals surface area (Å²) < 4.78 is 11.6. The number of halogens is 2. The first-order valence-corrected chi connectivity index (χ1v) is 8.04. The summed E-state index contributed by atoms with van der Waals surface area (Å²) in [6.07, 6.45) is 0. The van der Waals surface area contributed by atoms with E-state index in [0.717, 1.165) is 15.9 Å². The molecule has 0 fully saturated rings. The SMILES string of the molecule is COc1ccc(NC(N)=NCCOc2cccc(Br)c2)cc1Cl. The second-order valence-corrected chi connectivity index (χ2v) is 5.87. The zero-order valence-electron chi connectivity index (χ0n) is 12.6. The fourth-order valence-corrected chi connectivity index (χ4v) is 2.45. The Balaban J connectivity index is 1.82. The molecule has 0 atom stereocenters. The van der Waals surface area contributed by atoms with Crippen molar-refractivity contribution in [2.75, 3.05) is 25.6 Å². The smallest absolute Gasteiger partial charge is 0.193 e. The molecule has 0 aliphatic rings. The van der Waals surface area contributed by atoms with Crippen LogP contribution in [0.5, 0.6) is 11.5 Å². The van der Waals surface area contributed by atoms with Gasteiger partial charge < -0.3 is 20.5 Å². The van der Waals surface area contributed by atoms with Crippen molar-refractivity contribution < 1.29 is 9.47 Å². The topological polar surface area (TPSA) is 68.9 Å². The van der Waals surface area contributed by atoms with E-state index in [9.17, 15) is 0 Å². The van der Waals surface area contributed by atoms with Gasteiger partial charge >= 0.3 is 0 Å². The third kappa shape index (κ3) is 5.65. The number of nitrogens with two attached hydrogens (primary N) is 1. The zero-order valence-corrected chi connectivity index (χ0v) is 14.9. The molecule has 0 amide bonds. The highest BCUT2D eigenvalue weighted by Crippen LogP contribution is 2.27. The van der Waals surface area contributed by atoms with Gasteiger partial charge in [-0.1, -0.05) is 33.6 Å². The lowest BCUT2D eigenvalue weighted by Crippen LogP contribution is -2.23. The number of anilines is 1. The fraction of sp³-hybridized carbons (Fsp3) is 0.188. The van der Waals surface area contributed by atoms with Crippen LogP contribution in [0.1, 0.15) is 0 Å². The van der Waals surface area contributed by atoms with E-state index >= 15 is 0 Å². The normalized spacial score (nSPS) is 11.2. The highest BCUT2D eigenvalue weighted by Gasteiger charge is 2.02. The van der Waals surface area contributed by atoms with E-state index in [-0.39, 0.29) is 0 Å². The first kappa shape index (κ1) is 17.4. The Morgan fingerprint density at radius 2 is 2.13 bits per heavy atom. The van der Waals surface area contributed by atoms with Gasteiger partial charge in [0, 0.05) is 10.2 Å². The van der Waals surface area contributed by atoms with Crippen LogP contribution in [-0.4, -0.2) is 26.2 Å². The minimum atomic E-state index is 0.295. The van der Waals surface area contributed by atoms with E-state index in [0.29, 0.717) is 29.9 Å². The minimum absolute atomic E-state index is 0.295. The van der Waals surface area contributed by atoms with Crippen molar-refractivity contribution in [2.45, 2.75) is 0 Å². The molecule has 3 N–H and O–H groups in total. The van der Waals surface area contributed by atoms with Gasteiger partial charge in [0.15, 0.2) is 5.96 Å². The molecule has 23 heavy (non-hydrogen) atoms. The standard InChI is InChI=1S/C16H17BrClN3O2/c1-22-15-6-5-12(10-14(15)18)21-16(19)20-7-8-23-13-4-2-3-11(17)9-13/h2-6,9-10H,7-8H2,1H3,(H3,19,20,21). The van der Waals surface area contributed by atoms with Crippen LogP contribution in [0.25, 0.3) is 0 Å². The van der Waals surface area contributed by atoms with Crippen molar-refractivity contribution >= 4 is 39.2 Å². The molecule has 0 heterocycles. The van der Waals surface area contributed by atoms with Crippen molar-refractivity contribution in [3.8, 4) is 11.5 Å². The van der Waals surface area contributed by atoms with E-state index in [1.54, 1.807) is 19.2 Å². The third-order valence-electron chi connectivity index (χ3n) is 2.86. The van der Waals surface area contributed by atoms with Gasteiger partial charge in [0.05, 0.1) is 18.7 Å². The van der Waals surface area contributed by atoms with E-state index in [1.807, 2.05) is 30.3 Å². The molecule has 2 aromatic rings. The van der Waals surface area contributed by atoms with Crippen molar-refractivity contribution in [1.82, 2.24) is 0 Å². The highest BCUT2D eigenvalue weighted by atomic mass is 79.9. The number of hydrogen-bond donors (Lipinski definition) is 2. The lowest BCUT2D eigenvalue weighted by molar-refractivity contribution is 0.328. The van der Waals surface area contributed by atoms with Gasteiger partial charge in [0.2, 0.25) is 0 Å². The predicted molar refractivity (Wildman–Crippen MR) is 97.8 cm³/mol. The summed E-state index contributed by atoms with van der Waals surface area (Å²) in [6, 6.07) is 12.9. The average molecular weight is 399 g/mol. The average Bonchev–Trinajstić information content (AvgIpc) is 2.52. The molecule has 7 heteroatoms. The number of hydrogen-bond acceptors (Lipinski definition) is 3. The molecule has 0 saturated carbocycles. The molecule has 0 bridgehead atoms. The Labute approximate surface area is 148 Å². The maximum Gasteiger partial charge on any atom is 0.193 e. The molecular weight excluding hydrogens is 382 g/mol. The number of benzene rings is 2. The Morgan fingerprint density at radius 1 is 1.30 bits per heavy atom. The summed E-state index contributed by atoms with van der Waals surface area (Å²) in [5.41, 5.74) is 6.57. The minimum Gasteiger partial charge on any atom is -0.495 e. The third-order valence-corrected chi connectivity index (χ3v) is 3.65. The molecule has 0 aliphatic carbocycles. The lowest BCUT2D eigenvalue weighted by Gasteiger charge is -2.09. The number of rotatable bonds is 6. The monoisotopic (exact) mass is 397 g/mol. The van der Waals surface area contributed by atoms with Crippen LogP contribution in [0, 0.1) is 0 Å². The Kier molecular flexibility index (Phi) is 6.55. The van der Waals surface area contributed by atoms with Crippen LogP contribution < -0.4 is 20.5 Å². The first-order valence-electron chi connectivity index (χ1n) is 6.87. The van der Waals surface area contributed by atoms with E-state index in [1.165, 1.54) is 0 Å². The molecule has 5 nitrogen and oxygen atoms in total. The summed E-state index contributed by atoms with van der Waals surface area (Å²) in [5, 5.41) is 3.47. The van der Waals surface area contributed by atoms with Crippen molar-refractivity contribution in [3.63, 3.8) is 0 Å². The van der Waals surface area contributed by atoms with Gasteiger partial charge in [-0.2, -0.15) is 0 Å². The van der Waals surface area contributed by atoms with Crippen LogP contribution in [-0.2, 0) is 0 Å². The van der Waals surface area contributed by atoms with Gasteiger partial charge in [0.1, 0.15) is 18.1 Å². The summed E-state index contributed by atoms with van der Waals surface area (Å²) in [4.78, 5) is 4.20. The van der Waals surface area contributed by atoms with Crippen LogP contribution in [0.15, 0.2) is 51.9 Å². The van der Waals surface area contributed by atoms with Crippen molar-refractivity contribution in [1.29, 1.82) is 0 Å². The number of guanidine groups is 1. The number of nitrogens with one attached hydrogen (secondary N) is 1. The molecule has 0 saturated heterocycles. The maximum atomic E-state index is 6.05. The lowest BCUT2D eigenvalue weighted by atomic mass is 10.3. The molecule has 0 unspecified atom stereocenters. The maximum absolute atomic E-state index is 6.05. The summed E-state index contributed by atoms with van der Waals surface area (Å²) in [7, 11) is 1.56. The van der Waals surface area contributed by atoms with Crippen LogP contribution in [0.2, 0.25) is 5.02 Å². The molecule has 0 aliphatic heterocycles. The van der Waals surface area contributed by atoms with E-state index in [2.05, 4.69) is 26.2 Å². The second-order valence-electron chi connectivity index (χ2n) is 4.55. The van der Waals surface area contributed by atoms with Gasteiger partial charge in [0.25, 0.3) is 0 Å². The Morgan fingerprint density at radius 3 is 2.83 bits per heavy atom. The second kappa shape index (κ2) is 8.64. The van der Waals surface area contributed by atoms with E-state index < -0.39 is 0 Å².